The maximum absolute atomic E-state index is 12.3. The van der Waals surface area contributed by atoms with Crippen LogP contribution in [0, 0.1) is 0 Å². The Morgan fingerprint density at radius 2 is 1.75 bits per heavy atom. The van der Waals surface area contributed by atoms with Crippen LogP contribution in [-0.4, -0.2) is 16.8 Å². The van der Waals surface area contributed by atoms with Gasteiger partial charge in [0.2, 0.25) is 5.91 Å². The number of rotatable bonds is 3. The van der Waals surface area contributed by atoms with Gasteiger partial charge in [-0.2, -0.15) is 0 Å². The highest BCUT2D eigenvalue weighted by atomic mass is 16.2. The van der Waals surface area contributed by atoms with Gasteiger partial charge in [-0.1, -0.05) is 30.3 Å². The highest BCUT2D eigenvalue weighted by Crippen LogP contribution is 2.48. The number of aromatic nitrogens is 1. The molecule has 0 spiro atoms. The average Bonchev–Trinajstić information content (AvgIpc) is 3.12. The van der Waals surface area contributed by atoms with Crippen molar-refractivity contribution in [3.8, 4) is 0 Å². The molecule has 102 valence electrons. The van der Waals surface area contributed by atoms with Crippen molar-refractivity contribution in [2.24, 2.45) is 0 Å². The van der Waals surface area contributed by atoms with E-state index in [1.807, 2.05) is 30.3 Å². The van der Waals surface area contributed by atoms with Gasteiger partial charge >= 0.3 is 0 Å². The van der Waals surface area contributed by atoms with E-state index in [1.165, 1.54) is 0 Å². The number of carbonyl (C=O) groups excluding carboxylic acids is 2. The smallest absolute Gasteiger partial charge is 0.286 e. The first-order valence-corrected chi connectivity index (χ1v) is 6.52. The van der Waals surface area contributed by atoms with E-state index in [1.54, 1.807) is 18.3 Å². The summed E-state index contributed by atoms with van der Waals surface area (Å²) in [5.74, 6) is -0.518. The van der Waals surface area contributed by atoms with Gasteiger partial charge in [0, 0.05) is 6.20 Å². The summed E-state index contributed by atoms with van der Waals surface area (Å²) < 4.78 is 0. The molecule has 0 atom stereocenters. The number of hydrazine groups is 1. The Labute approximate surface area is 116 Å². The monoisotopic (exact) mass is 269 g/mol. The summed E-state index contributed by atoms with van der Waals surface area (Å²) >= 11 is 0. The molecule has 3 rings (SSSR count). The van der Waals surface area contributed by atoms with E-state index >= 15 is 0 Å². The lowest BCUT2D eigenvalue weighted by molar-refractivity contribution is -0.124. The van der Waals surface area contributed by atoms with Gasteiger partial charge in [-0.05, 0) is 30.5 Å². The Morgan fingerprint density at radius 1 is 1.00 bits per heavy atom. The quantitative estimate of drug-likeness (QED) is 0.739. The van der Waals surface area contributed by atoms with Crippen molar-refractivity contribution >= 4 is 11.8 Å². The van der Waals surface area contributed by atoms with Crippen LogP contribution in [0.5, 0.6) is 0 Å². The summed E-state index contributed by atoms with van der Waals surface area (Å²) in [4.78, 5) is 26.8. The van der Waals surface area contributed by atoms with Gasteiger partial charge in [0.15, 0.2) is 0 Å². The molecule has 1 saturated carbocycles. The van der Waals surface area contributed by atoms with E-state index in [0.717, 1.165) is 18.4 Å². The van der Waals surface area contributed by atoms with Gasteiger partial charge in [-0.25, -0.2) is 0 Å². The fraction of sp³-hybridized carbons (Fsp3) is 0.200. The van der Waals surface area contributed by atoms with E-state index in [-0.39, 0.29) is 11.8 Å². The topological polar surface area (TPSA) is 74.0 Å². The zero-order chi connectivity index (χ0) is 14.0. The maximum Gasteiger partial charge on any atom is 0.286 e. The standard InChI is InChI=1S/C15H15N3O2/c19-13(12-7-4-10-16-12)17-18-14(20)15(8-9-15)11-5-2-1-3-6-11/h1-7,10,16H,8-9H2,(H,17,19)(H,18,20). The fourth-order valence-electron chi connectivity index (χ4n) is 2.30. The minimum Gasteiger partial charge on any atom is -0.357 e. The third kappa shape index (κ3) is 2.18. The number of nitrogens with one attached hydrogen (secondary N) is 3. The molecular weight excluding hydrogens is 254 g/mol. The summed E-state index contributed by atoms with van der Waals surface area (Å²) in [5.41, 5.74) is 5.87. The predicted octanol–water partition coefficient (Wildman–Crippen LogP) is 1.51. The largest absolute Gasteiger partial charge is 0.357 e. The Kier molecular flexibility index (Phi) is 3.02. The zero-order valence-corrected chi connectivity index (χ0v) is 10.8. The molecule has 5 nitrogen and oxygen atoms in total. The molecule has 5 heteroatoms. The first-order chi connectivity index (χ1) is 9.72. The third-order valence-corrected chi connectivity index (χ3v) is 3.64. The molecule has 0 aliphatic heterocycles. The summed E-state index contributed by atoms with van der Waals surface area (Å²) in [7, 11) is 0. The van der Waals surface area contributed by atoms with E-state index in [2.05, 4.69) is 15.8 Å². The van der Waals surface area contributed by atoms with Crippen LogP contribution in [0.25, 0.3) is 0 Å². The highest BCUT2D eigenvalue weighted by Gasteiger charge is 2.51. The molecule has 1 heterocycles. The minimum atomic E-state index is -0.482. The van der Waals surface area contributed by atoms with E-state index in [9.17, 15) is 9.59 Å². The molecule has 0 unspecified atom stereocenters. The molecule has 20 heavy (non-hydrogen) atoms. The van der Waals surface area contributed by atoms with Crippen LogP contribution >= 0.6 is 0 Å². The Bertz CT molecular complexity index is 616. The molecule has 2 aromatic rings. The lowest BCUT2D eigenvalue weighted by Crippen LogP contribution is -2.46. The molecule has 1 aromatic carbocycles. The molecule has 1 fully saturated rings. The average molecular weight is 269 g/mol. The molecule has 3 N–H and O–H groups in total. The second kappa shape index (κ2) is 4.85. The SMILES string of the molecule is O=C(NNC(=O)C1(c2ccccc2)CC1)c1ccc[nH]1. The van der Waals surface area contributed by atoms with Crippen molar-refractivity contribution in [1.82, 2.24) is 15.8 Å². The van der Waals surface area contributed by atoms with Gasteiger partial charge in [0.05, 0.1) is 5.41 Å². The Hall–Kier alpha value is -2.56. The summed E-state index contributed by atoms with van der Waals surface area (Å²) in [5, 5.41) is 0. The summed E-state index contributed by atoms with van der Waals surface area (Å²) in [6.07, 6.45) is 3.27. The molecule has 2 amide bonds. The Balaban J connectivity index is 1.64. The van der Waals surface area contributed by atoms with Crippen LogP contribution in [0.1, 0.15) is 28.9 Å². The van der Waals surface area contributed by atoms with Crippen LogP contribution in [0.3, 0.4) is 0 Å². The van der Waals surface area contributed by atoms with Crippen LogP contribution < -0.4 is 10.9 Å². The molecule has 0 bridgehead atoms. The van der Waals surface area contributed by atoms with E-state index in [4.69, 9.17) is 0 Å². The van der Waals surface area contributed by atoms with Crippen LogP contribution in [0.2, 0.25) is 0 Å². The van der Waals surface area contributed by atoms with E-state index in [0.29, 0.717) is 5.69 Å². The third-order valence-electron chi connectivity index (χ3n) is 3.64. The van der Waals surface area contributed by atoms with Gasteiger partial charge < -0.3 is 4.98 Å². The lowest BCUT2D eigenvalue weighted by Gasteiger charge is -2.15. The van der Waals surface area contributed by atoms with Crippen molar-refractivity contribution in [2.45, 2.75) is 18.3 Å². The molecular formula is C15H15N3O2. The first kappa shape index (κ1) is 12.5. The number of carbonyl (C=O) groups is 2. The van der Waals surface area contributed by atoms with Crippen molar-refractivity contribution in [2.75, 3.05) is 0 Å². The normalized spacial score (nSPS) is 15.4. The number of amides is 2. The number of aromatic amines is 1. The van der Waals surface area contributed by atoms with E-state index < -0.39 is 5.41 Å². The van der Waals surface area contributed by atoms with Gasteiger partial charge in [-0.3, -0.25) is 20.4 Å². The number of hydrogen-bond donors (Lipinski definition) is 3. The summed E-state index contributed by atoms with van der Waals surface area (Å²) in [6, 6.07) is 13.0. The zero-order valence-electron chi connectivity index (χ0n) is 10.8. The summed E-state index contributed by atoms with van der Waals surface area (Å²) in [6.45, 7) is 0. The van der Waals surface area contributed by atoms with Crippen LogP contribution in [0.4, 0.5) is 0 Å². The number of hydrogen-bond acceptors (Lipinski definition) is 2. The Morgan fingerprint density at radius 3 is 2.35 bits per heavy atom. The van der Waals surface area contributed by atoms with Crippen molar-refractivity contribution in [3.05, 3.63) is 59.9 Å². The van der Waals surface area contributed by atoms with Crippen molar-refractivity contribution in [3.63, 3.8) is 0 Å². The predicted molar refractivity (Wildman–Crippen MR) is 73.8 cm³/mol. The maximum atomic E-state index is 12.3. The molecule has 1 aliphatic rings. The van der Waals surface area contributed by atoms with Gasteiger partial charge in [0.25, 0.3) is 5.91 Å². The minimum absolute atomic E-state index is 0.163. The fourth-order valence-corrected chi connectivity index (χ4v) is 2.30. The second-order valence-electron chi connectivity index (χ2n) is 4.94. The second-order valence-corrected chi connectivity index (χ2v) is 4.94. The first-order valence-electron chi connectivity index (χ1n) is 6.52. The van der Waals surface area contributed by atoms with Crippen LogP contribution in [-0.2, 0) is 10.2 Å². The molecule has 0 saturated heterocycles. The molecule has 1 aliphatic carbocycles. The van der Waals surface area contributed by atoms with Crippen molar-refractivity contribution < 1.29 is 9.59 Å². The number of benzene rings is 1. The molecule has 1 aromatic heterocycles. The molecule has 0 radical (unpaired) electrons. The lowest BCUT2D eigenvalue weighted by atomic mass is 9.95. The van der Waals surface area contributed by atoms with Gasteiger partial charge in [-0.15, -0.1) is 0 Å². The highest BCUT2D eigenvalue weighted by molar-refractivity contribution is 5.96. The number of H-pyrrole nitrogens is 1. The van der Waals surface area contributed by atoms with Crippen LogP contribution in [0.15, 0.2) is 48.7 Å². The van der Waals surface area contributed by atoms with Gasteiger partial charge in [0.1, 0.15) is 5.69 Å². The van der Waals surface area contributed by atoms with Crippen molar-refractivity contribution in [1.29, 1.82) is 0 Å².